The van der Waals surface area contributed by atoms with Crippen molar-refractivity contribution in [3.8, 4) is 0 Å². The lowest BCUT2D eigenvalue weighted by molar-refractivity contribution is -0.114. The quantitative estimate of drug-likeness (QED) is 0.889. The zero-order valence-corrected chi connectivity index (χ0v) is 12.6. The van der Waals surface area contributed by atoms with E-state index >= 15 is 0 Å². The van der Waals surface area contributed by atoms with Crippen molar-refractivity contribution in [2.24, 2.45) is 0 Å². The molecule has 0 unspecified atom stereocenters. The second-order valence-electron chi connectivity index (χ2n) is 4.34. The third-order valence-corrected chi connectivity index (χ3v) is 3.22. The Morgan fingerprint density at radius 3 is 2.24 bits per heavy atom. The van der Waals surface area contributed by atoms with Crippen LogP contribution in [0.15, 0.2) is 42.5 Å². The van der Waals surface area contributed by atoms with Gasteiger partial charge in [0.25, 0.3) is 5.91 Å². The highest BCUT2D eigenvalue weighted by Gasteiger charge is 2.09. The summed E-state index contributed by atoms with van der Waals surface area (Å²) in [4.78, 5) is 23.2. The maximum Gasteiger partial charge on any atom is 0.255 e. The van der Waals surface area contributed by atoms with Gasteiger partial charge in [0.05, 0.1) is 10.7 Å². The zero-order valence-electron chi connectivity index (χ0n) is 11.1. The molecule has 2 aromatic carbocycles. The Morgan fingerprint density at radius 2 is 1.62 bits per heavy atom. The predicted molar refractivity (Wildman–Crippen MR) is 85.2 cm³/mol. The topological polar surface area (TPSA) is 58.2 Å². The number of hydrogen-bond acceptors (Lipinski definition) is 2. The van der Waals surface area contributed by atoms with Crippen LogP contribution in [0.5, 0.6) is 0 Å². The van der Waals surface area contributed by atoms with E-state index in [1.807, 2.05) is 0 Å². The Hall–Kier alpha value is -2.04. The fourth-order valence-electron chi connectivity index (χ4n) is 1.70. The van der Waals surface area contributed by atoms with Crippen LogP contribution in [-0.2, 0) is 4.79 Å². The van der Waals surface area contributed by atoms with Gasteiger partial charge in [-0.25, -0.2) is 0 Å². The van der Waals surface area contributed by atoms with Crippen LogP contribution in [0.3, 0.4) is 0 Å². The Bertz CT molecular complexity index is 685. The van der Waals surface area contributed by atoms with Crippen LogP contribution in [-0.4, -0.2) is 11.8 Å². The first-order valence-corrected chi connectivity index (χ1v) is 6.85. The molecule has 2 N–H and O–H groups in total. The van der Waals surface area contributed by atoms with Gasteiger partial charge in [0, 0.05) is 23.2 Å². The highest BCUT2D eigenvalue weighted by molar-refractivity contribution is 6.34. The molecule has 2 amide bonds. The van der Waals surface area contributed by atoms with Crippen molar-refractivity contribution in [2.45, 2.75) is 6.92 Å². The molecule has 4 nitrogen and oxygen atoms in total. The molecule has 0 fully saturated rings. The van der Waals surface area contributed by atoms with Crippen molar-refractivity contribution in [3.63, 3.8) is 0 Å². The summed E-state index contributed by atoms with van der Waals surface area (Å²) in [5.74, 6) is -0.513. The molecular weight excluding hydrogens is 311 g/mol. The van der Waals surface area contributed by atoms with Crippen LogP contribution >= 0.6 is 23.2 Å². The molecule has 0 aromatic heterocycles. The summed E-state index contributed by atoms with van der Waals surface area (Å²) in [6.45, 7) is 1.40. The summed E-state index contributed by atoms with van der Waals surface area (Å²) >= 11 is 11.8. The normalized spacial score (nSPS) is 10.0. The molecule has 0 radical (unpaired) electrons. The fraction of sp³-hybridized carbons (Fsp3) is 0.0667. The van der Waals surface area contributed by atoms with Gasteiger partial charge in [0.15, 0.2) is 0 Å². The van der Waals surface area contributed by atoms with Gasteiger partial charge in [-0.2, -0.15) is 0 Å². The van der Waals surface area contributed by atoms with Crippen molar-refractivity contribution in [3.05, 3.63) is 58.1 Å². The molecular formula is C15H12Cl2N2O2. The lowest BCUT2D eigenvalue weighted by Crippen LogP contribution is -2.13. The SMILES string of the molecule is CC(=O)Nc1ccc(Cl)c(NC(=O)c2ccc(Cl)cc2)c1. The molecule has 6 heteroatoms. The third kappa shape index (κ3) is 4.21. The van der Waals surface area contributed by atoms with Crippen LogP contribution in [0, 0.1) is 0 Å². The smallest absolute Gasteiger partial charge is 0.255 e. The van der Waals surface area contributed by atoms with Crippen LogP contribution in [0.1, 0.15) is 17.3 Å². The highest BCUT2D eigenvalue weighted by Crippen LogP contribution is 2.26. The van der Waals surface area contributed by atoms with Gasteiger partial charge in [-0.05, 0) is 42.5 Å². The lowest BCUT2D eigenvalue weighted by Gasteiger charge is -2.10. The van der Waals surface area contributed by atoms with Gasteiger partial charge in [-0.3, -0.25) is 9.59 Å². The van der Waals surface area contributed by atoms with E-state index in [9.17, 15) is 9.59 Å². The number of amides is 2. The van der Waals surface area contributed by atoms with Crippen molar-refractivity contribution in [1.82, 2.24) is 0 Å². The summed E-state index contributed by atoms with van der Waals surface area (Å²) in [5.41, 5.74) is 1.43. The molecule has 0 saturated heterocycles. The molecule has 0 aliphatic carbocycles. The van der Waals surface area contributed by atoms with Crippen LogP contribution in [0.4, 0.5) is 11.4 Å². The molecule has 0 atom stereocenters. The number of benzene rings is 2. The van der Waals surface area contributed by atoms with E-state index in [0.717, 1.165) is 0 Å². The number of carbonyl (C=O) groups is 2. The number of carbonyl (C=O) groups excluding carboxylic acids is 2. The number of anilines is 2. The first kappa shape index (κ1) is 15.4. The van der Waals surface area contributed by atoms with E-state index in [4.69, 9.17) is 23.2 Å². The largest absolute Gasteiger partial charge is 0.326 e. The summed E-state index contributed by atoms with van der Waals surface area (Å²) in [6.07, 6.45) is 0. The molecule has 108 valence electrons. The average molecular weight is 323 g/mol. The van der Waals surface area contributed by atoms with Crippen molar-refractivity contribution >= 4 is 46.4 Å². The van der Waals surface area contributed by atoms with E-state index < -0.39 is 0 Å². The van der Waals surface area contributed by atoms with Gasteiger partial charge in [-0.15, -0.1) is 0 Å². The number of halogens is 2. The summed E-state index contributed by atoms with van der Waals surface area (Å²) in [7, 11) is 0. The molecule has 2 aromatic rings. The Kier molecular flexibility index (Phi) is 4.83. The number of hydrogen-bond donors (Lipinski definition) is 2. The van der Waals surface area contributed by atoms with E-state index in [0.29, 0.717) is 27.0 Å². The van der Waals surface area contributed by atoms with Crippen LogP contribution < -0.4 is 10.6 Å². The van der Waals surface area contributed by atoms with Gasteiger partial charge in [-0.1, -0.05) is 23.2 Å². The maximum absolute atomic E-state index is 12.1. The molecule has 0 aliphatic rings. The summed E-state index contributed by atoms with van der Waals surface area (Å²) in [5, 5.41) is 6.25. The third-order valence-electron chi connectivity index (χ3n) is 2.64. The molecule has 0 aliphatic heterocycles. The van der Waals surface area contributed by atoms with E-state index in [1.165, 1.54) is 6.92 Å². The standard InChI is InChI=1S/C15H12Cl2N2O2/c1-9(20)18-12-6-7-13(17)14(8-12)19-15(21)10-2-4-11(16)5-3-10/h2-8H,1H3,(H,18,20)(H,19,21). The van der Waals surface area contributed by atoms with Crippen LogP contribution in [0.2, 0.25) is 10.0 Å². The fourth-order valence-corrected chi connectivity index (χ4v) is 1.99. The first-order chi connectivity index (χ1) is 9.95. The van der Waals surface area contributed by atoms with Crippen molar-refractivity contribution in [1.29, 1.82) is 0 Å². The number of nitrogens with one attached hydrogen (secondary N) is 2. The van der Waals surface area contributed by atoms with Gasteiger partial charge in [0.1, 0.15) is 0 Å². The van der Waals surface area contributed by atoms with Crippen molar-refractivity contribution < 1.29 is 9.59 Å². The monoisotopic (exact) mass is 322 g/mol. The molecule has 0 heterocycles. The molecule has 21 heavy (non-hydrogen) atoms. The Balaban J connectivity index is 2.20. The second-order valence-corrected chi connectivity index (χ2v) is 5.18. The maximum atomic E-state index is 12.1. The van der Waals surface area contributed by atoms with E-state index in [1.54, 1.807) is 42.5 Å². The van der Waals surface area contributed by atoms with Gasteiger partial charge < -0.3 is 10.6 Å². The zero-order chi connectivity index (χ0) is 15.4. The Morgan fingerprint density at radius 1 is 0.952 bits per heavy atom. The van der Waals surface area contributed by atoms with Gasteiger partial charge in [0.2, 0.25) is 5.91 Å². The van der Waals surface area contributed by atoms with E-state index in [2.05, 4.69) is 10.6 Å². The highest BCUT2D eigenvalue weighted by atomic mass is 35.5. The Labute approximate surface area is 132 Å². The predicted octanol–water partition coefficient (Wildman–Crippen LogP) is 4.20. The minimum Gasteiger partial charge on any atom is -0.326 e. The van der Waals surface area contributed by atoms with Gasteiger partial charge >= 0.3 is 0 Å². The van der Waals surface area contributed by atoms with E-state index in [-0.39, 0.29) is 11.8 Å². The molecule has 2 rings (SSSR count). The summed E-state index contributed by atoms with van der Waals surface area (Å²) < 4.78 is 0. The molecule has 0 spiro atoms. The second kappa shape index (κ2) is 6.61. The van der Waals surface area contributed by atoms with Crippen molar-refractivity contribution in [2.75, 3.05) is 10.6 Å². The minimum absolute atomic E-state index is 0.202. The molecule has 0 saturated carbocycles. The minimum atomic E-state index is -0.312. The summed E-state index contributed by atoms with van der Waals surface area (Å²) in [6, 6.07) is 11.3. The molecule has 0 bridgehead atoms. The lowest BCUT2D eigenvalue weighted by atomic mass is 10.2. The average Bonchev–Trinajstić information content (AvgIpc) is 2.42. The number of rotatable bonds is 3. The first-order valence-electron chi connectivity index (χ1n) is 6.10. The van der Waals surface area contributed by atoms with Crippen LogP contribution in [0.25, 0.3) is 0 Å².